The minimum atomic E-state index is -0.347. The van der Waals surface area contributed by atoms with E-state index in [0.717, 1.165) is 42.5 Å². The van der Waals surface area contributed by atoms with Crippen LogP contribution in [0.3, 0.4) is 0 Å². The Kier molecular flexibility index (Phi) is 3.45. The van der Waals surface area contributed by atoms with Crippen molar-refractivity contribution in [3.63, 3.8) is 0 Å². The maximum atomic E-state index is 12.2. The van der Waals surface area contributed by atoms with Gasteiger partial charge in [-0.15, -0.1) is 10.2 Å². The van der Waals surface area contributed by atoms with Gasteiger partial charge >= 0.3 is 6.03 Å². The molecular formula is C15H17ClN6O. The molecule has 120 valence electrons. The Hall–Kier alpha value is -2.15. The van der Waals surface area contributed by atoms with E-state index in [-0.39, 0.29) is 11.6 Å². The van der Waals surface area contributed by atoms with Gasteiger partial charge in [0.15, 0.2) is 5.82 Å². The van der Waals surface area contributed by atoms with Crippen LogP contribution in [0.5, 0.6) is 0 Å². The molecule has 0 bridgehead atoms. The van der Waals surface area contributed by atoms with Gasteiger partial charge in [0.2, 0.25) is 0 Å². The van der Waals surface area contributed by atoms with Crippen molar-refractivity contribution in [1.29, 1.82) is 0 Å². The number of nitrogens with one attached hydrogen (secondary N) is 3. The third-order valence-electron chi connectivity index (χ3n) is 4.76. The van der Waals surface area contributed by atoms with Gasteiger partial charge in [0.25, 0.3) is 0 Å². The number of rotatable bonds is 2. The van der Waals surface area contributed by atoms with Crippen molar-refractivity contribution in [1.82, 2.24) is 25.9 Å². The van der Waals surface area contributed by atoms with Crippen LogP contribution >= 0.6 is 11.6 Å². The number of anilines is 1. The summed E-state index contributed by atoms with van der Waals surface area (Å²) in [5.74, 6) is 0.623. The molecule has 4 rings (SSSR count). The van der Waals surface area contributed by atoms with E-state index < -0.39 is 0 Å². The van der Waals surface area contributed by atoms with Crippen molar-refractivity contribution in [2.24, 2.45) is 0 Å². The molecule has 1 aliphatic carbocycles. The van der Waals surface area contributed by atoms with Crippen molar-refractivity contribution >= 4 is 23.3 Å². The van der Waals surface area contributed by atoms with Gasteiger partial charge in [-0.2, -0.15) is 5.21 Å². The lowest BCUT2D eigenvalue weighted by Gasteiger charge is -2.44. The molecule has 1 saturated carbocycles. The number of hydrogen-bond acceptors (Lipinski definition) is 4. The lowest BCUT2D eigenvalue weighted by Crippen LogP contribution is -2.53. The van der Waals surface area contributed by atoms with Crippen molar-refractivity contribution in [3.05, 3.63) is 34.1 Å². The number of hydrogen-bond donors (Lipinski definition) is 3. The highest BCUT2D eigenvalue weighted by atomic mass is 35.5. The van der Waals surface area contributed by atoms with Gasteiger partial charge < -0.3 is 10.6 Å². The first-order valence-electron chi connectivity index (χ1n) is 7.81. The zero-order chi connectivity index (χ0) is 15.9. The Morgan fingerprint density at radius 3 is 2.78 bits per heavy atom. The van der Waals surface area contributed by atoms with Gasteiger partial charge in [0, 0.05) is 12.0 Å². The number of H-pyrrole nitrogens is 1. The van der Waals surface area contributed by atoms with Crippen LogP contribution in [0, 0.1) is 0 Å². The SMILES string of the molecule is O=C1Nc2c(Cl)ccc(Cc3nn[nH]n3)c2C2(CCCCC2)N1. The van der Waals surface area contributed by atoms with Crippen molar-refractivity contribution in [2.75, 3.05) is 5.32 Å². The maximum Gasteiger partial charge on any atom is 0.319 e. The van der Waals surface area contributed by atoms with Gasteiger partial charge in [-0.05, 0) is 24.5 Å². The second kappa shape index (κ2) is 5.49. The van der Waals surface area contributed by atoms with Crippen LogP contribution < -0.4 is 10.6 Å². The number of amides is 2. The first-order chi connectivity index (χ1) is 11.2. The number of fused-ring (bicyclic) bond motifs is 2. The summed E-state index contributed by atoms with van der Waals surface area (Å²) in [6.07, 6.45) is 5.78. The van der Waals surface area contributed by atoms with Crippen molar-refractivity contribution < 1.29 is 4.79 Å². The van der Waals surface area contributed by atoms with Crippen LogP contribution in [-0.2, 0) is 12.0 Å². The molecule has 23 heavy (non-hydrogen) atoms. The highest BCUT2D eigenvalue weighted by Gasteiger charge is 2.42. The lowest BCUT2D eigenvalue weighted by atomic mass is 9.73. The van der Waals surface area contributed by atoms with Gasteiger partial charge in [-0.25, -0.2) is 4.79 Å². The van der Waals surface area contributed by atoms with Gasteiger partial charge in [-0.3, -0.25) is 0 Å². The molecule has 2 amide bonds. The molecular weight excluding hydrogens is 316 g/mol. The van der Waals surface area contributed by atoms with E-state index in [1.165, 1.54) is 6.42 Å². The molecule has 1 aliphatic heterocycles. The summed E-state index contributed by atoms with van der Waals surface area (Å²) in [5.41, 5.74) is 2.52. The molecule has 1 fully saturated rings. The van der Waals surface area contributed by atoms with Crippen molar-refractivity contribution in [3.8, 4) is 0 Å². The molecule has 0 unspecified atom stereocenters. The Balaban J connectivity index is 1.86. The van der Waals surface area contributed by atoms with Crippen LogP contribution in [0.15, 0.2) is 12.1 Å². The normalized spacial score (nSPS) is 19.1. The number of benzene rings is 1. The molecule has 1 spiro atoms. The Bertz CT molecular complexity index is 739. The second-order valence-electron chi connectivity index (χ2n) is 6.18. The molecule has 7 nitrogen and oxygen atoms in total. The summed E-state index contributed by atoms with van der Waals surface area (Å²) < 4.78 is 0. The molecule has 0 atom stereocenters. The summed E-state index contributed by atoms with van der Waals surface area (Å²) in [5, 5.41) is 20.8. The molecule has 1 aromatic carbocycles. The number of carbonyl (C=O) groups is 1. The van der Waals surface area contributed by atoms with Gasteiger partial charge in [0.1, 0.15) is 0 Å². The Labute approximate surface area is 138 Å². The predicted molar refractivity (Wildman–Crippen MR) is 85.4 cm³/mol. The van der Waals surface area contributed by atoms with E-state index in [4.69, 9.17) is 11.6 Å². The third kappa shape index (κ3) is 2.45. The number of aromatic amines is 1. The number of tetrazole rings is 1. The standard InChI is InChI=1S/C15H17ClN6O/c16-10-5-4-9(8-11-19-21-22-20-11)12-13(10)17-14(23)18-15(12)6-2-1-3-7-15/h4-5H,1-3,6-8H2,(H2,17,18,23)(H,19,20,21,22). The minimum Gasteiger partial charge on any atom is -0.328 e. The summed E-state index contributed by atoms with van der Waals surface area (Å²) in [7, 11) is 0. The van der Waals surface area contributed by atoms with Gasteiger partial charge in [0.05, 0.1) is 16.2 Å². The summed E-state index contributed by atoms with van der Waals surface area (Å²) in [6.45, 7) is 0. The topological polar surface area (TPSA) is 95.6 Å². The Morgan fingerprint density at radius 1 is 1.22 bits per heavy atom. The smallest absolute Gasteiger partial charge is 0.319 e. The molecule has 0 saturated heterocycles. The lowest BCUT2D eigenvalue weighted by molar-refractivity contribution is 0.208. The molecule has 3 N–H and O–H groups in total. The number of carbonyl (C=O) groups excluding carboxylic acids is 1. The summed E-state index contributed by atoms with van der Waals surface area (Å²) >= 11 is 6.37. The number of aromatic nitrogens is 4. The highest BCUT2D eigenvalue weighted by molar-refractivity contribution is 6.34. The second-order valence-corrected chi connectivity index (χ2v) is 6.59. The van der Waals surface area contributed by atoms with E-state index in [9.17, 15) is 4.79 Å². The molecule has 0 radical (unpaired) electrons. The van der Waals surface area contributed by atoms with Crippen LogP contribution in [0.25, 0.3) is 0 Å². The zero-order valence-corrected chi connectivity index (χ0v) is 13.3. The quantitative estimate of drug-likeness (QED) is 0.788. The maximum absolute atomic E-state index is 12.2. The largest absolute Gasteiger partial charge is 0.328 e. The van der Waals surface area contributed by atoms with Gasteiger partial charge in [-0.1, -0.05) is 42.1 Å². The molecule has 2 aromatic rings. The van der Waals surface area contributed by atoms with Crippen LogP contribution in [0.1, 0.15) is 49.1 Å². The van der Waals surface area contributed by atoms with Crippen LogP contribution in [0.4, 0.5) is 10.5 Å². The minimum absolute atomic E-state index is 0.182. The number of halogens is 1. The fourth-order valence-electron chi connectivity index (χ4n) is 3.82. The summed E-state index contributed by atoms with van der Waals surface area (Å²) in [6, 6.07) is 3.63. The third-order valence-corrected chi connectivity index (χ3v) is 5.07. The first kappa shape index (κ1) is 14.4. The first-order valence-corrected chi connectivity index (χ1v) is 8.19. The van der Waals surface area contributed by atoms with E-state index in [1.54, 1.807) is 0 Å². The molecule has 2 aliphatic rings. The fraction of sp³-hybridized carbons (Fsp3) is 0.467. The number of nitrogens with zero attached hydrogens (tertiary/aromatic N) is 3. The molecule has 1 aromatic heterocycles. The fourth-order valence-corrected chi connectivity index (χ4v) is 4.02. The average Bonchev–Trinajstić information content (AvgIpc) is 3.04. The predicted octanol–water partition coefficient (Wildman–Crippen LogP) is 2.74. The van der Waals surface area contributed by atoms with E-state index in [1.807, 2.05) is 12.1 Å². The molecule has 8 heteroatoms. The summed E-state index contributed by atoms with van der Waals surface area (Å²) in [4.78, 5) is 12.2. The number of urea groups is 1. The monoisotopic (exact) mass is 332 g/mol. The van der Waals surface area contributed by atoms with E-state index in [0.29, 0.717) is 17.3 Å². The molecule has 2 heterocycles. The van der Waals surface area contributed by atoms with E-state index >= 15 is 0 Å². The highest BCUT2D eigenvalue weighted by Crippen LogP contribution is 2.46. The van der Waals surface area contributed by atoms with Crippen LogP contribution in [0.2, 0.25) is 5.02 Å². The van der Waals surface area contributed by atoms with Crippen LogP contribution in [-0.4, -0.2) is 26.7 Å². The Morgan fingerprint density at radius 2 is 2.04 bits per heavy atom. The van der Waals surface area contributed by atoms with E-state index in [2.05, 4.69) is 31.3 Å². The van der Waals surface area contributed by atoms with Crippen molar-refractivity contribution in [2.45, 2.75) is 44.1 Å². The zero-order valence-electron chi connectivity index (χ0n) is 12.5. The average molecular weight is 333 g/mol.